The molecule has 2 heterocycles. The SMILES string of the molecule is COC(=O)C[C@@H](C(=O)N[C@H](c1ncc(-c2ccc3cc(-c4ccc(-c5cnc(C(NC(=O)[C@H](NC(=O)OC)C(C)C)C(C)(C)C)[nH]5)cc4)ccc3c2)[nH]1)C(C)(C)C)C(C)C. The summed E-state index contributed by atoms with van der Waals surface area (Å²) in [6.07, 6.45) is 2.91. The van der Waals surface area contributed by atoms with Crippen molar-refractivity contribution in [1.29, 1.82) is 0 Å². The molecule has 2 aromatic heterocycles. The minimum absolute atomic E-state index is 0.0125. The monoisotopic (exact) mass is 819 g/mol. The highest BCUT2D eigenvalue weighted by atomic mass is 16.5. The van der Waals surface area contributed by atoms with E-state index in [1.54, 1.807) is 12.4 Å². The number of H-pyrrole nitrogens is 2. The summed E-state index contributed by atoms with van der Waals surface area (Å²) >= 11 is 0. The molecule has 0 fully saturated rings. The third-order valence-electron chi connectivity index (χ3n) is 10.9. The van der Waals surface area contributed by atoms with Gasteiger partial charge in [-0.25, -0.2) is 14.8 Å². The van der Waals surface area contributed by atoms with E-state index in [1.807, 2.05) is 81.4 Å². The number of benzene rings is 3. The molecule has 0 aliphatic heterocycles. The summed E-state index contributed by atoms with van der Waals surface area (Å²) in [5.74, 6) is -0.421. The van der Waals surface area contributed by atoms with Crippen LogP contribution in [0.2, 0.25) is 0 Å². The van der Waals surface area contributed by atoms with Crippen LogP contribution in [0.25, 0.3) is 44.4 Å². The molecule has 3 aromatic carbocycles. The molecule has 0 radical (unpaired) electrons. The second-order valence-electron chi connectivity index (χ2n) is 18.3. The Labute approximate surface area is 353 Å². The van der Waals surface area contributed by atoms with Gasteiger partial charge in [0.1, 0.15) is 17.7 Å². The molecule has 0 saturated carbocycles. The number of nitrogens with zero attached hydrogens (tertiary/aromatic N) is 2. The number of imidazole rings is 2. The van der Waals surface area contributed by atoms with Crippen LogP contribution < -0.4 is 16.0 Å². The lowest BCUT2D eigenvalue weighted by Crippen LogP contribution is -2.52. The van der Waals surface area contributed by atoms with Gasteiger partial charge in [-0.15, -0.1) is 0 Å². The van der Waals surface area contributed by atoms with Crippen molar-refractivity contribution >= 4 is 34.6 Å². The van der Waals surface area contributed by atoms with E-state index < -0.39 is 36.1 Å². The van der Waals surface area contributed by atoms with Crippen LogP contribution in [0.4, 0.5) is 4.79 Å². The lowest BCUT2D eigenvalue weighted by Gasteiger charge is -2.32. The molecule has 0 saturated heterocycles. The average Bonchev–Trinajstić information content (AvgIpc) is 3.89. The number of carbonyl (C=O) groups excluding carboxylic acids is 4. The van der Waals surface area contributed by atoms with E-state index in [-0.39, 0.29) is 40.9 Å². The average molecular weight is 820 g/mol. The number of aromatic nitrogens is 4. The Kier molecular flexibility index (Phi) is 13.9. The van der Waals surface area contributed by atoms with Crippen molar-refractivity contribution in [3.8, 4) is 33.6 Å². The number of carbonyl (C=O) groups is 4. The van der Waals surface area contributed by atoms with Gasteiger partial charge in [0.25, 0.3) is 0 Å². The molecule has 0 spiro atoms. The highest BCUT2D eigenvalue weighted by molar-refractivity contribution is 5.91. The third-order valence-corrected chi connectivity index (χ3v) is 10.9. The molecule has 60 heavy (non-hydrogen) atoms. The number of amides is 3. The Balaban J connectivity index is 1.31. The summed E-state index contributed by atoms with van der Waals surface area (Å²) in [5, 5.41) is 11.1. The van der Waals surface area contributed by atoms with Crippen molar-refractivity contribution in [2.75, 3.05) is 14.2 Å². The molecule has 320 valence electrons. The van der Waals surface area contributed by atoms with Gasteiger partial charge >= 0.3 is 12.1 Å². The zero-order chi connectivity index (χ0) is 44.1. The minimum Gasteiger partial charge on any atom is -0.469 e. The van der Waals surface area contributed by atoms with E-state index in [0.29, 0.717) is 11.6 Å². The van der Waals surface area contributed by atoms with Crippen LogP contribution in [-0.4, -0.2) is 64.1 Å². The molecule has 1 unspecified atom stereocenters. The van der Waals surface area contributed by atoms with Crippen LogP contribution in [0, 0.1) is 28.6 Å². The summed E-state index contributed by atoms with van der Waals surface area (Å²) in [5.41, 5.74) is 4.93. The highest BCUT2D eigenvalue weighted by Crippen LogP contribution is 2.36. The molecule has 5 aromatic rings. The van der Waals surface area contributed by atoms with Crippen LogP contribution in [-0.2, 0) is 23.9 Å². The Morgan fingerprint density at radius 3 is 1.55 bits per heavy atom. The van der Waals surface area contributed by atoms with Crippen LogP contribution in [0.1, 0.15) is 99.4 Å². The van der Waals surface area contributed by atoms with Gasteiger partial charge in [-0.05, 0) is 62.3 Å². The first kappa shape index (κ1) is 45.1. The molecule has 5 N–H and O–H groups in total. The summed E-state index contributed by atoms with van der Waals surface area (Å²) in [4.78, 5) is 67.1. The van der Waals surface area contributed by atoms with Crippen molar-refractivity contribution in [1.82, 2.24) is 35.9 Å². The number of fused-ring (bicyclic) bond motifs is 1. The first-order valence-electron chi connectivity index (χ1n) is 20.5. The molecule has 3 amide bonds. The van der Waals surface area contributed by atoms with Crippen LogP contribution in [0.3, 0.4) is 0 Å². The molecular formula is C47H61N7O6. The molecule has 5 rings (SSSR count). The second-order valence-corrected chi connectivity index (χ2v) is 18.3. The van der Waals surface area contributed by atoms with Crippen LogP contribution in [0.15, 0.2) is 73.1 Å². The normalized spacial score (nSPS) is 14.0. The maximum absolute atomic E-state index is 13.5. The number of hydrogen-bond acceptors (Lipinski definition) is 8. The van der Waals surface area contributed by atoms with Crippen molar-refractivity contribution in [2.24, 2.45) is 28.6 Å². The maximum atomic E-state index is 13.5. The molecule has 13 nitrogen and oxygen atoms in total. The van der Waals surface area contributed by atoms with Gasteiger partial charge in [-0.2, -0.15) is 0 Å². The van der Waals surface area contributed by atoms with E-state index in [0.717, 1.165) is 44.4 Å². The number of methoxy groups -OCH3 is 2. The van der Waals surface area contributed by atoms with Gasteiger partial charge in [0, 0.05) is 5.56 Å². The van der Waals surface area contributed by atoms with Gasteiger partial charge in [-0.3, -0.25) is 14.4 Å². The zero-order valence-electron chi connectivity index (χ0n) is 36.9. The number of aromatic amines is 2. The smallest absolute Gasteiger partial charge is 0.407 e. The molecule has 0 aliphatic rings. The Bertz CT molecular complexity index is 2290. The topological polar surface area (TPSA) is 180 Å². The van der Waals surface area contributed by atoms with Crippen molar-refractivity contribution < 1.29 is 28.7 Å². The van der Waals surface area contributed by atoms with E-state index in [2.05, 4.69) is 79.4 Å². The standard InChI is InChI=1S/C47H61N7O6/c1-26(2)34(23-37(55)59-11)43(56)53-39(46(5,6)7)41-49-25-36(51-41)33-20-19-31-21-30(17-18-32(31)22-33)28-13-15-29(16-14-28)35-24-48-42(50-35)40(47(8,9)10)54-44(57)38(27(3)4)52-45(58)60-12/h13-22,24-27,34,38-40H,23H2,1-12H3,(H,48,50)(H,49,51)(H,52,58)(H,53,56)(H,54,57)/t34-,38-,39-,40?/m1/s1. The number of esters is 1. The van der Waals surface area contributed by atoms with Crippen molar-refractivity contribution in [3.63, 3.8) is 0 Å². The Morgan fingerprint density at radius 1 is 0.600 bits per heavy atom. The predicted molar refractivity (Wildman–Crippen MR) is 234 cm³/mol. The van der Waals surface area contributed by atoms with E-state index in [9.17, 15) is 19.2 Å². The largest absolute Gasteiger partial charge is 0.469 e. The molecule has 0 aliphatic carbocycles. The molecule has 13 heteroatoms. The quantitative estimate of drug-likeness (QED) is 0.0689. The zero-order valence-corrected chi connectivity index (χ0v) is 36.9. The minimum atomic E-state index is -0.773. The fourth-order valence-electron chi connectivity index (χ4n) is 7.18. The Morgan fingerprint density at radius 2 is 1.07 bits per heavy atom. The predicted octanol–water partition coefficient (Wildman–Crippen LogP) is 8.91. The Hall–Kier alpha value is -5.98. The highest BCUT2D eigenvalue weighted by Gasteiger charge is 2.36. The second kappa shape index (κ2) is 18.5. The summed E-state index contributed by atoms with van der Waals surface area (Å²) in [6, 6.07) is 19.3. The molecule has 4 atom stereocenters. The van der Waals surface area contributed by atoms with Crippen LogP contribution >= 0.6 is 0 Å². The van der Waals surface area contributed by atoms with Crippen molar-refractivity contribution in [2.45, 2.75) is 93.8 Å². The lowest BCUT2D eigenvalue weighted by atomic mass is 9.84. The maximum Gasteiger partial charge on any atom is 0.407 e. The first-order chi connectivity index (χ1) is 28.2. The number of hydrogen-bond donors (Lipinski definition) is 5. The number of alkyl carbamates (subject to hydrolysis) is 1. The first-order valence-corrected chi connectivity index (χ1v) is 20.5. The summed E-state index contributed by atoms with van der Waals surface area (Å²) in [6.45, 7) is 19.8. The third kappa shape index (κ3) is 10.8. The molecular weight excluding hydrogens is 759 g/mol. The van der Waals surface area contributed by atoms with Gasteiger partial charge < -0.3 is 35.4 Å². The summed E-state index contributed by atoms with van der Waals surface area (Å²) in [7, 11) is 2.60. The van der Waals surface area contributed by atoms with E-state index >= 15 is 0 Å². The van der Waals surface area contributed by atoms with Crippen LogP contribution in [0.5, 0.6) is 0 Å². The number of ether oxygens (including phenoxy) is 2. The molecule has 0 bridgehead atoms. The van der Waals surface area contributed by atoms with Gasteiger partial charge in [0.15, 0.2) is 0 Å². The lowest BCUT2D eigenvalue weighted by molar-refractivity contribution is -0.145. The van der Waals surface area contributed by atoms with Crippen molar-refractivity contribution in [3.05, 3.63) is 84.7 Å². The fraction of sp³-hybridized carbons (Fsp3) is 0.447. The van der Waals surface area contributed by atoms with E-state index in [1.165, 1.54) is 14.2 Å². The summed E-state index contributed by atoms with van der Waals surface area (Å²) < 4.78 is 9.59. The van der Waals surface area contributed by atoms with Gasteiger partial charge in [-0.1, -0.05) is 118 Å². The van der Waals surface area contributed by atoms with Gasteiger partial charge in [0.2, 0.25) is 11.8 Å². The number of rotatable bonds is 14. The fourth-order valence-corrected chi connectivity index (χ4v) is 7.18. The van der Waals surface area contributed by atoms with E-state index in [4.69, 9.17) is 14.5 Å². The van der Waals surface area contributed by atoms with Gasteiger partial charge in [0.05, 0.1) is 62.4 Å². The number of nitrogens with one attached hydrogen (secondary N) is 5.